The molecule has 0 saturated heterocycles. The van der Waals surface area contributed by atoms with E-state index in [0.29, 0.717) is 6.42 Å². The molecule has 0 rings (SSSR count). The molecule has 0 aromatic carbocycles. The lowest BCUT2D eigenvalue weighted by atomic mass is 9.91. The minimum atomic E-state index is -0.495. The standard InChI is InChI=1S/C12H20O4/c1-5-8-15-10(13)7-9-16-11(14)12(3,4)6-2/h5H,1,6-9H2,2-4H3. The van der Waals surface area contributed by atoms with Gasteiger partial charge in [-0.1, -0.05) is 19.6 Å². The average molecular weight is 228 g/mol. The van der Waals surface area contributed by atoms with Gasteiger partial charge in [0.25, 0.3) is 0 Å². The average Bonchev–Trinajstić information content (AvgIpc) is 2.26. The Hall–Kier alpha value is -1.32. The van der Waals surface area contributed by atoms with Crippen LogP contribution in [0.3, 0.4) is 0 Å². The van der Waals surface area contributed by atoms with Gasteiger partial charge in [-0.3, -0.25) is 9.59 Å². The Labute approximate surface area is 96.6 Å². The van der Waals surface area contributed by atoms with E-state index in [1.807, 2.05) is 20.8 Å². The van der Waals surface area contributed by atoms with Crippen molar-refractivity contribution in [2.75, 3.05) is 13.2 Å². The van der Waals surface area contributed by atoms with E-state index in [4.69, 9.17) is 9.47 Å². The Morgan fingerprint density at radius 1 is 1.31 bits per heavy atom. The van der Waals surface area contributed by atoms with Gasteiger partial charge in [-0.25, -0.2) is 0 Å². The highest BCUT2D eigenvalue weighted by Gasteiger charge is 2.26. The predicted octanol–water partition coefficient (Wildman–Crippen LogP) is 2.09. The summed E-state index contributed by atoms with van der Waals surface area (Å²) in [5.74, 6) is -0.673. The van der Waals surface area contributed by atoms with Crippen molar-refractivity contribution in [2.45, 2.75) is 33.6 Å². The molecule has 0 heterocycles. The molecular weight excluding hydrogens is 208 g/mol. The molecule has 0 aliphatic heterocycles. The van der Waals surface area contributed by atoms with Gasteiger partial charge in [-0.2, -0.15) is 0 Å². The van der Waals surface area contributed by atoms with E-state index in [-0.39, 0.29) is 31.6 Å². The quantitative estimate of drug-likeness (QED) is 0.494. The van der Waals surface area contributed by atoms with E-state index in [0.717, 1.165) is 0 Å². The van der Waals surface area contributed by atoms with E-state index >= 15 is 0 Å². The van der Waals surface area contributed by atoms with E-state index in [1.54, 1.807) is 0 Å². The summed E-state index contributed by atoms with van der Waals surface area (Å²) in [5, 5.41) is 0. The van der Waals surface area contributed by atoms with Crippen molar-refractivity contribution in [1.82, 2.24) is 0 Å². The zero-order valence-electron chi connectivity index (χ0n) is 10.2. The molecular formula is C12H20O4. The van der Waals surface area contributed by atoms with Crippen LogP contribution in [0.1, 0.15) is 33.6 Å². The first-order valence-corrected chi connectivity index (χ1v) is 5.37. The molecule has 0 atom stereocenters. The van der Waals surface area contributed by atoms with Gasteiger partial charge in [0.15, 0.2) is 0 Å². The van der Waals surface area contributed by atoms with Crippen LogP contribution in [0, 0.1) is 5.41 Å². The summed E-state index contributed by atoms with van der Waals surface area (Å²) in [6.45, 7) is 9.22. The number of esters is 2. The number of hydrogen-bond acceptors (Lipinski definition) is 4. The van der Waals surface area contributed by atoms with E-state index in [1.165, 1.54) is 6.08 Å². The van der Waals surface area contributed by atoms with Crippen LogP contribution >= 0.6 is 0 Å². The summed E-state index contributed by atoms with van der Waals surface area (Å²) >= 11 is 0. The first-order chi connectivity index (χ1) is 7.44. The van der Waals surface area contributed by atoms with Crippen molar-refractivity contribution in [1.29, 1.82) is 0 Å². The van der Waals surface area contributed by atoms with Gasteiger partial charge in [0.1, 0.15) is 13.2 Å². The van der Waals surface area contributed by atoms with Crippen molar-refractivity contribution >= 4 is 11.9 Å². The van der Waals surface area contributed by atoms with Crippen molar-refractivity contribution in [3.8, 4) is 0 Å². The largest absolute Gasteiger partial charge is 0.465 e. The summed E-state index contributed by atoms with van der Waals surface area (Å²) < 4.78 is 9.72. The number of rotatable bonds is 7. The van der Waals surface area contributed by atoms with Crippen LogP contribution < -0.4 is 0 Å². The molecule has 0 aliphatic rings. The topological polar surface area (TPSA) is 52.6 Å². The van der Waals surface area contributed by atoms with Gasteiger partial charge in [0, 0.05) is 0 Å². The van der Waals surface area contributed by atoms with Crippen molar-refractivity contribution in [3.05, 3.63) is 12.7 Å². The minimum Gasteiger partial charge on any atom is -0.465 e. The summed E-state index contributed by atoms with van der Waals surface area (Å²) in [6.07, 6.45) is 2.27. The van der Waals surface area contributed by atoms with E-state index in [2.05, 4.69) is 6.58 Å². The third kappa shape index (κ3) is 5.53. The minimum absolute atomic E-state index is 0.0677. The molecule has 0 radical (unpaired) electrons. The predicted molar refractivity (Wildman–Crippen MR) is 60.8 cm³/mol. The fourth-order valence-electron chi connectivity index (χ4n) is 0.791. The molecule has 4 heteroatoms. The maximum Gasteiger partial charge on any atom is 0.311 e. The molecule has 0 aromatic heterocycles. The molecule has 92 valence electrons. The van der Waals surface area contributed by atoms with Crippen molar-refractivity contribution < 1.29 is 19.1 Å². The monoisotopic (exact) mass is 228 g/mol. The molecule has 0 bridgehead atoms. The van der Waals surface area contributed by atoms with Gasteiger partial charge in [0.05, 0.1) is 11.8 Å². The second-order valence-electron chi connectivity index (χ2n) is 4.10. The van der Waals surface area contributed by atoms with Crippen LogP contribution in [0.25, 0.3) is 0 Å². The molecule has 16 heavy (non-hydrogen) atoms. The van der Waals surface area contributed by atoms with Gasteiger partial charge >= 0.3 is 11.9 Å². The molecule has 0 fully saturated rings. The summed E-state index contributed by atoms with van der Waals surface area (Å²) in [7, 11) is 0. The van der Waals surface area contributed by atoms with Gasteiger partial charge in [-0.15, -0.1) is 0 Å². The van der Waals surface area contributed by atoms with Crippen LogP contribution in [0.2, 0.25) is 0 Å². The summed E-state index contributed by atoms with van der Waals surface area (Å²) in [5.41, 5.74) is -0.495. The first kappa shape index (κ1) is 14.7. The molecule has 0 saturated carbocycles. The third-order valence-electron chi connectivity index (χ3n) is 2.34. The lowest BCUT2D eigenvalue weighted by molar-refractivity contribution is -0.156. The summed E-state index contributed by atoms with van der Waals surface area (Å²) in [4.78, 5) is 22.5. The van der Waals surface area contributed by atoms with Crippen LogP contribution in [0.5, 0.6) is 0 Å². The molecule has 0 spiro atoms. The molecule has 0 N–H and O–H groups in total. The molecule has 4 nitrogen and oxygen atoms in total. The van der Waals surface area contributed by atoms with E-state index in [9.17, 15) is 9.59 Å². The van der Waals surface area contributed by atoms with Crippen LogP contribution in [0.15, 0.2) is 12.7 Å². The normalized spacial score (nSPS) is 10.7. The zero-order valence-corrected chi connectivity index (χ0v) is 10.2. The number of hydrogen-bond donors (Lipinski definition) is 0. The summed E-state index contributed by atoms with van der Waals surface area (Å²) in [6, 6.07) is 0. The second kappa shape index (κ2) is 7.04. The Morgan fingerprint density at radius 3 is 2.44 bits per heavy atom. The zero-order chi connectivity index (χ0) is 12.6. The highest BCUT2D eigenvalue weighted by atomic mass is 16.5. The molecule has 0 aromatic rings. The van der Waals surface area contributed by atoms with Crippen LogP contribution in [0.4, 0.5) is 0 Å². The lowest BCUT2D eigenvalue weighted by Crippen LogP contribution is -2.26. The Bertz CT molecular complexity index is 256. The highest BCUT2D eigenvalue weighted by molar-refractivity contribution is 5.76. The van der Waals surface area contributed by atoms with Gasteiger partial charge < -0.3 is 9.47 Å². The van der Waals surface area contributed by atoms with Crippen LogP contribution in [-0.4, -0.2) is 25.2 Å². The lowest BCUT2D eigenvalue weighted by Gasteiger charge is -2.19. The van der Waals surface area contributed by atoms with Gasteiger partial charge in [0.2, 0.25) is 0 Å². The number of carbonyl (C=O) groups excluding carboxylic acids is 2. The highest BCUT2D eigenvalue weighted by Crippen LogP contribution is 2.21. The molecule has 0 unspecified atom stereocenters. The Morgan fingerprint density at radius 2 is 1.94 bits per heavy atom. The maximum absolute atomic E-state index is 11.5. The molecule has 0 aliphatic carbocycles. The fraction of sp³-hybridized carbons (Fsp3) is 0.667. The SMILES string of the molecule is C=CCOC(=O)CCOC(=O)C(C)(C)CC. The first-order valence-electron chi connectivity index (χ1n) is 5.37. The van der Waals surface area contributed by atoms with Crippen molar-refractivity contribution in [2.24, 2.45) is 5.41 Å². The second-order valence-corrected chi connectivity index (χ2v) is 4.10. The fourth-order valence-corrected chi connectivity index (χ4v) is 0.791. The van der Waals surface area contributed by atoms with Gasteiger partial charge in [-0.05, 0) is 20.3 Å². The number of carbonyl (C=O) groups is 2. The van der Waals surface area contributed by atoms with Crippen molar-refractivity contribution in [3.63, 3.8) is 0 Å². The maximum atomic E-state index is 11.5. The Balaban J connectivity index is 3.78. The third-order valence-corrected chi connectivity index (χ3v) is 2.34. The Kier molecular flexibility index (Phi) is 6.46. The van der Waals surface area contributed by atoms with Crippen LogP contribution in [-0.2, 0) is 19.1 Å². The number of ether oxygens (including phenoxy) is 2. The van der Waals surface area contributed by atoms with E-state index < -0.39 is 5.41 Å². The smallest absolute Gasteiger partial charge is 0.311 e. The molecule has 0 amide bonds.